The summed E-state index contributed by atoms with van der Waals surface area (Å²) in [5, 5.41) is 0. The molecule has 1 atom stereocenters. The van der Waals surface area contributed by atoms with Gasteiger partial charge in [-0.3, -0.25) is 9.69 Å². The fourth-order valence-electron chi connectivity index (χ4n) is 1.68. The van der Waals surface area contributed by atoms with Crippen LogP contribution in [0.5, 0.6) is 0 Å². The van der Waals surface area contributed by atoms with E-state index in [1.54, 1.807) is 0 Å². The predicted molar refractivity (Wildman–Crippen MR) is 51.5 cm³/mol. The molecule has 0 N–H and O–H groups in total. The van der Waals surface area contributed by atoms with Crippen molar-refractivity contribution >= 4 is 5.97 Å². The largest absolute Gasteiger partial charge is 0.462 e. The Hall–Kier alpha value is -0.570. The van der Waals surface area contributed by atoms with E-state index in [1.165, 1.54) is 6.42 Å². The molecule has 0 spiro atoms. The minimum absolute atomic E-state index is 0.00262. The Kier molecular flexibility index (Phi) is 3.72. The van der Waals surface area contributed by atoms with Crippen LogP contribution in [0.25, 0.3) is 0 Å². The number of carbonyl (C=O) groups is 1. The topological polar surface area (TPSA) is 29.5 Å². The van der Waals surface area contributed by atoms with Crippen molar-refractivity contribution in [1.29, 1.82) is 0 Å². The summed E-state index contributed by atoms with van der Waals surface area (Å²) in [5.74, 6) is -0.0581. The molecule has 76 valence electrons. The first-order valence-corrected chi connectivity index (χ1v) is 5.02. The molecule has 0 bridgehead atoms. The second kappa shape index (κ2) is 4.61. The molecular weight excluding hydrogens is 166 g/mol. The van der Waals surface area contributed by atoms with E-state index in [1.807, 2.05) is 20.9 Å². The van der Waals surface area contributed by atoms with Crippen LogP contribution in [0.3, 0.4) is 0 Å². The number of likely N-dealkylation sites (N-methyl/N-ethyl adjacent to an activating group) is 1. The first-order valence-electron chi connectivity index (χ1n) is 5.02. The number of hydrogen-bond donors (Lipinski definition) is 0. The third kappa shape index (κ3) is 2.99. The first-order chi connectivity index (χ1) is 6.11. The van der Waals surface area contributed by atoms with Crippen molar-refractivity contribution in [1.82, 2.24) is 4.90 Å². The quantitative estimate of drug-likeness (QED) is 0.609. The molecule has 0 saturated carbocycles. The van der Waals surface area contributed by atoms with Gasteiger partial charge >= 0.3 is 5.97 Å². The molecule has 1 saturated heterocycles. The maximum absolute atomic E-state index is 11.6. The summed E-state index contributed by atoms with van der Waals surface area (Å²) >= 11 is 0. The number of piperidine rings is 1. The van der Waals surface area contributed by atoms with Gasteiger partial charge in [0.1, 0.15) is 6.04 Å². The van der Waals surface area contributed by atoms with Crippen LogP contribution in [0.1, 0.15) is 33.1 Å². The van der Waals surface area contributed by atoms with Gasteiger partial charge in [-0.15, -0.1) is 0 Å². The Morgan fingerprint density at radius 2 is 2.15 bits per heavy atom. The van der Waals surface area contributed by atoms with Crippen LogP contribution in [0.15, 0.2) is 0 Å². The van der Waals surface area contributed by atoms with Gasteiger partial charge in [0.2, 0.25) is 0 Å². The Bertz CT molecular complexity index is 180. The molecule has 0 aromatic rings. The van der Waals surface area contributed by atoms with Gasteiger partial charge in [0, 0.05) is 0 Å². The number of likely N-dealkylation sites (tertiary alicyclic amines) is 1. The number of esters is 1. The summed E-state index contributed by atoms with van der Waals surface area (Å²) in [6, 6.07) is -0.00356. The van der Waals surface area contributed by atoms with Gasteiger partial charge in [0.05, 0.1) is 6.10 Å². The van der Waals surface area contributed by atoms with E-state index in [4.69, 9.17) is 4.74 Å². The lowest BCUT2D eigenvalue weighted by atomic mass is 10.0. The van der Waals surface area contributed by atoms with Crippen LogP contribution in [0, 0.1) is 0 Å². The summed E-state index contributed by atoms with van der Waals surface area (Å²) in [6.45, 7) is 4.79. The van der Waals surface area contributed by atoms with Gasteiger partial charge < -0.3 is 4.74 Å². The van der Waals surface area contributed by atoms with Crippen LogP contribution in [-0.2, 0) is 9.53 Å². The fourth-order valence-corrected chi connectivity index (χ4v) is 1.68. The third-order valence-corrected chi connectivity index (χ3v) is 2.39. The number of hydrogen-bond acceptors (Lipinski definition) is 3. The summed E-state index contributed by atoms with van der Waals surface area (Å²) in [7, 11) is 1.99. The molecule has 1 heterocycles. The summed E-state index contributed by atoms with van der Waals surface area (Å²) in [5.41, 5.74) is 0. The molecule has 13 heavy (non-hydrogen) atoms. The van der Waals surface area contributed by atoms with Crippen LogP contribution < -0.4 is 0 Å². The SMILES string of the molecule is CC(C)OC(=O)[C@H]1CCCCN1C. The maximum atomic E-state index is 11.6. The predicted octanol–water partition coefficient (Wildman–Crippen LogP) is 1.42. The standard InChI is InChI=1S/C10H19NO2/c1-8(2)13-10(12)9-6-4-5-7-11(9)3/h8-9H,4-7H2,1-3H3/t9-/m1/s1. The zero-order valence-corrected chi connectivity index (χ0v) is 8.75. The lowest BCUT2D eigenvalue weighted by Crippen LogP contribution is -2.43. The molecule has 1 fully saturated rings. The number of ether oxygens (including phenoxy) is 1. The van der Waals surface area contributed by atoms with Crippen LogP contribution >= 0.6 is 0 Å². The Morgan fingerprint density at radius 3 is 2.69 bits per heavy atom. The fraction of sp³-hybridized carbons (Fsp3) is 0.900. The number of carbonyl (C=O) groups excluding carboxylic acids is 1. The van der Waals surface area contributed by atoms with Crippen molar-refractivity contribution in [3.63, 3.8) is 0 Å². The Balaban J connectivity index is 2.44. The Labute approximate surface area is 80.1 Å². The van der Waals surface area contributed by atoms with Crippen LogP contribution in [0.4, 0.5) is 0 Å². The molecule has 0 aromatic heterocycles. The average Bonchev–Trinajstić information content (AvgIpc) is 2.03. The molecule has 0 aromatic carbocycles. The molecule has 3 nitrogen and oxygen atoms in total. The van der Waals surface area contributed by atoms with E-state index in [0.29, 0.717) is 0 Å². The molecule has 0 radical (unpaired) electrons. The van der Waals surface area contributed by atoms with Crippen LogP contribution in [-0.4, -0.2) is 36.6 Å². The normalized spacial score (nSPS) is 24.8. The molecule has 0 unspecified atom stereocenters. The van der Waals surface area contributed by atoms with Crippen molar-refractivity contribution in [3.8, 4) is 0 Å². The van der Waals surface area contributed by atoms with Gasteiger partial charge in [0.25, 0.3) is 0 Å². The smallest absolute Gasteiger partial charge is 0.323 e. The average molecular weight is 185 g/mol. The van der Waals surface area contributed by atoms with Gasteiger partial charge in [0.15, 0.2) is 0 Å². The monoisotopic (exact) mass is 185 g/mol. The number of rotatable bonds is 2. The zero-order chi connectivity index (χ0) is 9.84. The van der Waals surface area contributed by atoms with Crippen molar-refractivity contribution < 1.29 is 9.53 Å². The van der Waals surface area contributed by atoms with Crippen LogP contribution in [0.2, 0.25) is 0 Å². The highest BCUT2D eigenvalue weighted by atomic mass is 16.5. The number of nitrogens with zero attached hydrogens (tertiary/aromatic N) is 1. The second-order valence-electron chi connectivity index (χ2n) is 3.98. The molecule has 1 aliphatic rings. The van der Waals surface area contributed by atoms with Crippen molar-refractivity contribution in [2.45, 2.75) is 45.3 Å². The lowest BCUT2D eigenvalue weighted by molar-refractivity contribution is -0.154. The summed E-state index contributed by atoms with van der Waals surface area (Å²) in [6.07, 6.45) is 3.29. The summed E-state index contributed by atoms with van der Waals surface area (Å²) in [4.78, 5) is 13.6. The van der Waals surface area contributed by atoms with Crippen molar-refractivity contribution in [3.05, 3.63) is 0 Å². The first kappa shape index (κ1) is 10.5. The van der Waals surface area contributed by atoms with Gasteiger partial charge in [-0.1, -0.05) is 6.42 Å². The van der Waals surface area contributed by atoms with E-state index < -0.39 is 0 Å². The molecule has 0 amide bonds. The molecule has 1 aliphatic heterocycles. The van der Waals surface area contributed by atoms with Crippen molar-refractivity contribution in [2.24, 2.45) is 0 Å². The third-order valence-electron chi connectivity index (χ3n) is 2.39. The van der Waals surface area contributed by atoms with E-state index in [0.717, 1.165) is 19.4 Å². The zero-order valence-electron chi connectivity index (χ0n) is 8.75. The molecule has 3 heteroatoms. The second-order valence-corrected chi connectivity index (χ2v) is 3.98. The molecule has 1 rings (SSSR count). The highest BCUT2D eigenvalue weighted by Crippen LogP contribution is 2.16. The highest BCUT2D eigenvalue weighted by molar-refractivity contribution is 5.76. The van der Waals surface area contributed by atoms with E-state index >= 15 is 0 Å². The lowest BCUT2D eigenvalue weighted by Gasteiger charge is -2.30. The van der Waals surface area contributed by atoms with E-state index in [9.17, 15) is 4.79 Å². The van der Waals surface area contributed by atoms with Gasteiger partial charge in [-0.25, -0.2) is 0 Å². The minimum atomic E-state index is -0.0581. The summed E-state index contributed by atoms with van der Waals surface area (Å²) < 4.78 is 5.18. The highest BCUT2D eigenvalue weighted by Gasteiger charge is 2.27. The van der Waals surface area contributed by atoms with Gasteiger partial charge in [-0.05, 0) is 40.3 Å². The van der Waals surface area contributed by atoms with E-state index in [-0.39, 0.29) is 18.1 Å². The maximum Gasteiger partial charge on any atom is 0.323 e. The van der Waals surface area contributed by atoms with Gasteiger partial charge in [-0.2, -0.15) is 0 Å². The molecular formula is C10H19NO2. The Morgan fingerprint density at radius 1 is 1.46 bits per heavy atom. The minimum Gasteiger partial charge on any atom is -0.462 e. The molecule has 0 aliphatic carbocycles. The van der Waals surface area contributed by atoms with E-state index in [2.05, 4.69) is 4.90 Å². The van der Waals surface area contributed by atoms with Crippen molar-refractivity contribution in [2.75, 3.05) is 13.6 Å².